The number of imide groups is 1. The van der Waals surface area contributed by atoms with Gasteiger partial charge in [0.1, 0.15) is 6.61 Å². The number of thioether (sulfide) groups is 1. The van der Waals surface area contributed by atoms with Crippen molar-refractivity contribution >= 4 is 74.8 Å². The van der Waals surface area contributed by atoms with E-state index in [2.05, 4.69) is 22.6 Å². The van der Waals surface area contributed by atoms with Crippen LogP contribution >= 0.6 is 57.6 Å². The van der Waals surface area contributed by atoms with Gasteiger partial charge in [-0.05, 0) is 88.3 Å². The molecule has 1 saturated heterocycles. The molecule has 1 aliphatic rings. The average molecular weight is 640 g/mol. The molecule has 3 aromatic carbocycles. The highest BCUT2D eigenvalue weighted by atomic mass is 127. The van der Waals surface area contributed by atoms with Crippen molar-refractivity contribution in [2.75, 3.05) is 6.61 Å². The van der Waals surface area contributed by atoms with Gasteiger partial charge in [0.05, 0.1) is 31.7 Å². The fourth-order valence-corrected chi connectivity index (χ4v) is 5.35. The zero-order valence-electron chi connectivity index (χ0n) is 18.6. The largest absolute Gasteiger partial charge is 0.490 e. The number of nitrogens with zero attached hydrogens (tertiary/aromatic N) is 1. The summed E-state index contributed by atoms with van der Waals surface area (Å²) in [6, 6.07) is 18.6. The number of ether oxygens (including phenoxy) is 2. The molecule has 3 aromatic rings. The Morgan fingerprint density at radius 1 is 0.971 bits per heavy atom. The number of rotatable bonds is 8. The molecule has 4 rings (SSSR count). The lowest BCUT2D eigenvalue weighted by atomic mass is 10.1. The van der Waals surface area contributed by atoms with E-state index >= 15 is 0 Å². The molecule has 0 atom stereocenters. The van der Waals surface area contributed by atoms with E-state index in [1.807, 2.05) is 49.4 Å². The second kappa shape index (κ2) is 11.7. The maximum absolute atomic E-state index is 13.0. The van der Waals surface area contributed by atoms with Crippen LogP contribution in [0.1, 0.15) is 23.6 Å². The number of hydrogen-bond donors (Lipinski definition) is 0. The smallest absolute Gasteiger partial charge is 0.293 e. The van der Waals surface area contributed by atoms with Gasteiger partial charge in [0.2, 0.25) is 0 Å². The summed E-state index contributed by atoms with van der Waals surface area (Å²) in [5.41, 5.74) is 2.51. The van der Waals surface area contributed by atoms with Crippen molar-refractivity contribution in [1.29, 1.82) is 0 Å². The third-order valence-electron chi connectivity index (χ3n) is 5.05. The first-order chi connectivity index (χ1) is 16.9. The summed E-state index contributed by atoms with van der Waals surface area (Å²) in [7, 11) is 0. The fourth-order valence-electron chi connectivity index (χ4n) is 3.41. The Hall–Kier alpha value is -2.20. The van der Waals surface area contributed by atoms with Crippen LogP contribution in [0.2, 0.25) is 10.0 Å². The van der Waals surface area contributed by atoms with Gasteiger partial charge in [0, 0.05) is 0 Å². The van der Waals surface area contributed by atoms with E-state index < -0.39 is 0 Å². The highest BCUT2D eigenvalue weighted by molar-refractivity contribution is 14.1. The number of amides is 2. The van der Waals surface area contributed by atoms with Crippen molar-refractivity contribution in [3.8, 4) is 11.5 Å². The fraction of sp³-hybridized carbons (Fsp3) is 0.154. The van der Waals surface area contributed by atoms with E-state index in [1.165, 1.54) is 4.90 Å². The van der Waals surface area contributed by atoms with E-state index in [4.69, 9.17) is 32.7 Å². The molecule has 0 N–H and O–H groups in total. The quantitative estimate of drug-likeness (QED) is 0.186. The molecule has 9 heteroatoms. The van der Waals surface area contributed by atoms with Crippen molar-refractivity contribution in [3.05, 3.63) is 95.9 Å². The van der Waals surface area contributed by atoms with Crippen LogP contribution < -0.4 is 9.47 Å². The minimum absolute atomic E-state index is 0.118. The molecule has 0 saturated carbocycles. The summed E-state index contributed by atoms with van der Waals surface area (Å²) in [5.74, 6) is 0.862. The van der Waals surface area contributed by atoms with Crippen LogP contribution in [0, 0.1) is 3.57 Å². The highest BCUT2D eigenvalue weighted by Crippen LogP contribution is 2.38. The normalized spacial score (nSPS) is 14.6. The molecule has 1 aliphatic heterocycles. The summed E-state index contributed by atoms with van der Waals surface area (Å²) in [6.45, 7) is 2.88. The summed E-state index contributed by atoms with van der Waals surface area (Å²) in [6.07, 6.45) is 1.70. The standard InChI is InChI=1S/C26H20Cl2INO4S/c1-2-33-22-12-18(11-21(29)24(22)34-15-16-6-4-3-5-7-16)13-23-25(31)30(26(32)35-23)14-17-8-9-19(27)20(28)10-17/h3-13H,2,14-15H2,1H3/b23-13-. The van der Waals surface area contributed by atoms with Crippen LogP contribution in [0.25, 0.3) is 6.08 Å². The predicted octanol–water partition coefficient (Wildman–Crippen LogP) is 7.81. The van der Waals surface area contributed by atoms with E-state index in [0.717, 1.165) is 32.0 Å². The lowest BCUT2D eigenvalue weighted by molar-refractivity contribution is -0.123. The van der Waals surface area contributed by atoms with E-state index in [1.54, 1.807) is 24.3 Å². The molecule has 180 valence electrons. The number of hydrogen-bond acceptors (Lipinski definition) is 5. The van der Waals surface area contributed by atoms with Crippen LogP contribution in [-0.4, -0.2) is 22.7 Å². The molecule has 2 amide bonds. The molecular formula is C26H20Cl2INO4S. The Morgan fingerprint density at radius 3 is 2.46 bits per heavy atom. The van der Waals surface area contributed by atoms with Crippen LogP contribution in [0.15, 0.2) is 65.6 Å². The van der Waals surface area contributed by atoms with Crippen molar-refractivity contribution in [3.63, 3.8) is 0 Å². The minimum Gasteiger partial charge on any atom is -0.490 e. The molecule has 0 spiro atoms. The summed E-state index contributed by atoms with van der Waals surface area (Å²) >= 11 is 15.1. The average Bonchev–Trinajstić information content (AvgIpc) is 3.09. The molecule has 0 aromatic heterocycles. The molecule has 0 unspecified atom stereocenters. The van der Waals surface area contributed by atoms with Gasteiger partial charge in [-0.15, -0.1) is 0 Å². The van der Waals surface area contributed by atoms with Crippen LogP contribution in [0.3, 0.4) is 0 Å². The predicted molar refractivity (Wildman–Crippen MR) is 149 cm³/mol. The van der Waals surface area contributed by atoms with Gasteiger partial charge in [-0.3, -0.25) is 14.5 Å². The zero-order valence-corrected chi connectivity index (χ0v) is 23.1. The molecule has 0 radical (unpaired) electrons. The Bertz CT molecular complexity index is 1300. The van der Waals surface area contributed by atoms with E-state index in [9.17, 15) is 9.59 Å². The first-order valence-corrected chi connectivity index (χ1v) is 13.3. The minimum atomic E-state index is -0.358. The van der Waals surface area contributed by atoms with Gasteiger partial charge in [-0.25, -0.2) is 0 Å². The number of halogens is 3. The summed E-state index contributed by atoms with van der Waals surface area (Å²) in [4.78, 5) is 27.1. The molecule has 1 heterocycles. The summed E-state index contributed by atoms with van der Waals surface area (Å²) < 4.78 is 12.7. The Balaban J connectivity index is 1.55. The van der Waals surface area contributed by atoms with Gasteiger partial charge in [-0.1, -0.05) is 59.6 Å². The van der Waals surface area contributed by atoms with Crippen molar-refractivity contribution in [2.45, 2.75) is 20.1 Å². The lowest BCUT2D eigenvalue weighted by Gasteiger charge is -2.15. The maximum Gasteiger partial charge on any atom is 0.293 e. The molecule has 0 bridgehead atoms. The molecule has 5 nitrogen and oxygen atoms in total. The van der Waals surface area contributed by atoms with Crippen molar-refractivity contribution in [2.24, 2.45) is 0 Å². The topological polar surface area (TPSA) is 55.8 Å². The Morgan fingerprint density at radius 2 is 1.74 bits per heavy atom. The van der Waals surface area contributed by atoms with Crippen molar-refractivity contribution in [1.82, 2.24) is 4.90 Å². The lowest BCUT2D eigenvalue weighted by Crippen LogP contribution is -2.27. The molecule has 35 heavy (non-hydrogen) atoms. The van der Waals surface area contributed by atoms with Crippen LogP contribution in [0.4, 0.5) is 4.79 Å². The first kappa shape index (κ1) is 25.9. The third-order valence-corrected chi connectivity index (χ3v) is 7.50. The second-order valence-corrected chi connectivity index (χ2v) is 10.5. The summed E-state index contributed by atoms with van der Waals surface area (Å²) in [5, 5.41) is 0.453. The number of carbonyl (C=O) groups is 2. The monoisotopic (exact) mass is 639 g/mol. The molecule has 1 fully saturated rings. The van der Waals surface area contributed by atoms with Crippen molar-refractivity contribution < 1.29 is 19.1 Å². The number of carbonyl (C=O) groups excluding carboxylic acids is 2. The highest BCUT2D eigenvalue weighted by Gasteiger charge is 2.35. The third kappa shape index (κ3) is 6.33. The van der Waals surface area contributed by atoms with Crippen LogP contribution in [-0.2, 0) is 17.9 Å². The maximum atomic E-state index is 13.0. The van der Waals surface area contributed by atoms with Gasteiger partial charge < -0.3 is 9.47 Å². The van der Waals surface area contributed by atoms with Gasteiger partial charge >= 0.3 is 0 Å². The SMILES string of the molecule is CCOc1cc(/C=C2\SC(=O)N(Cc3ccc(Cl)c(Cl)c3)C2=O)cc(I)c1OCc1ccccc1. The van der Waals surface area contributed by atoms with E-state index in [0.29, 0.717) is 39.7 Å². The molecular weight excluding hydrogens is 620 g/mol. The van der Waals surface area contributed by atoms with Crippen LogP contribution in [0.5, 0.6) is 11.5 Å². The van der Waals surface area contributed by atoms with E-state index in [-0.39, 0.29) is 17.7 Å². The number of benzene rings is 3. The Labute approximate surface area is 231 Å². The van der Waals surface area contributed by atoms with Gasteiger partial charge in [0.15, 0.2) is 11.5 Å². The van der Waals surface area contributed by atoms with Gasteiger partial charge in [-0.2, -0.15) is 0 Å². The molecule has 0 aliphatic carbocycles. The second-order valence-electron chi connectivity index (χ2n) is 7.55. The Kier molecular flexibility index (Phi) is 8.64. The zero-order chi connectivity index (χ0) is 24.9. The van der Waals surface area contributed by atoms with Gasteiger partial charge in [0.25, 0.3) is 11.1 Å². The first-order valence-electron chi connectivity index (χ1n) is 10.7.